The molecule has 0 unspecified atom stereocenters. The number of hydrogen-bond donors (Lipinski definition) is 2. The van der Waals surface area contributed by atoms with Gasteiger partial charge in [0.05, 0.1) is 21.2 Å². The SMILES string of the molecule is Cc1ccc(S(=O)(=O)Nc2ccc(C(=O)NC(C)(C)Cc3ccccc3)c(Cl)c2)cc1. The Balaban J connectivity index is 1.72. The molecule has 0 atom stereocenters. The van der Waals surface area contributed by atoms with Gasteiger partial charge in [-0.3, -0.25) is 9.52 Å². The smallest absolute Gasteiger partial charge is 0.261 e. The number of anilines is 1. The number of nitrogens with one attached hydrogen (secondary N) is 2. The summed E-state index contributed by atoms with van der Waals surface area (Å²) in [6.45, 7) is 5.76. The van der Waals surface area contributed by atoms with Crippen LogP contribution in [0.2, 0.25) is 5.02 Å². The first kappa shape index (κ1) is 22.8. The Morgan fingerprint density at radius 3 is 2.23 bits per heavy atom. The summed E-state index contributed by atoms with van der Waals surface area (Å²) in [6.07, 6.45) is 0.658. The minimum absolute atomic E-state index is 0.152. The number of aryl methyl sites for hydroxylation is 1. The molecule has 3 aromatic rings. The molecule has 31 heavy (non-hydrogen) atoms. The topological polar surface area (TPSA) is 75.3 Å². The summed E-state index contributed by atoms with van der Waals surface area (Å²) in [5.74, 6) is -0.320. The Bertz CT molecular complexity index is 1180. The number of halogens is 1. The van der Waals surface area contributed by atoms with E-state index in [2.05, 4.69) is 10.0 Å². The predicted octanol–water partition coefficient (Wildman–Crippen LogP) is 5.20. The Morgan fingerprint density at radius 1 is 0.968 bits per heavy atom. The number of rotatable bonds is 7. The molecule has 0 aliphatic carbocycles. The van der Waals surface area contributed by atoms with Crippen molar-refractivity contribution in [3.8, 4) is 0 Å². The fourth-order valence-electron chi connectivity index (χ4n) is 3.22. The summed E-state index contributed by atoms with van der Waals surface area (Å²) in [5.41, 5.74) is 2.15. The summed E-state index contributed by atoms with van der Waals surface area (Å²) in [4.78, 5) is 12.9. The van der Waals surface area contributed by atoms with Crippen LogP contribution in [0.3, 0.4) is 0 Å². The van der Waals surface area contributed by atoms with Crippen molar-refractivity contribution in [2.24, 2.45) is 0 Å². The molecule has 2 N–H and O–H groups in total. The van der Waals surface area contributed by atoms with Gasteiger partial charge in [0.25, 0.3) is 15.9 Å². The van der Waals surface area contributed by atoms with E-state index < -0.39 is 15.6 Å². The fraction of sp³-hybridized carbons (Fsp3) is 0.208. The molecule has 162 valence electrons. The number of benzene rings is 3. The van der Waals surface area contributed by atoms with Crippen molar-refractivity contribution in [2.75, 3.05) is 4.72 Å². The molecule has 0 radical (unpaired) electrons. The van der Waals surface area contributed by atoms with Gasteiger partial charge in [0.2, 0.25) is 0 Å². The Hall–Kier alpha value is -2.83. The molecule has 0 aromatic heterocycles. The van der Waals surface area contributed by atoms with Gasteiger partial charge in [0, 0.05) is 5.54 Å². The van der Waals surface area contributed by atoms with E-state index in [1.165, 1.54) is 30.3 Å². The maximum absolute atomic E-state index is 12.8. The van der Waals surface area contributed by atoms with Gasteiger partial charge in [-0.1, -0.05) is 59.6 Å². The lowest BCUT2D eigenvalue weighted by Gasteiger charge is -2.27. The van der Waals surface area contributed by atoms with E-state index in [4.69, 9.17) is 11.6 Å². The van der Waals surface area contributed by atoms with Crippen molar-refractivity contribution in [1.29, 1.82) is 0 Å². The molecule has 0 saturated heterocycles. The molecule has 0 aliphatic rings. The molecule has 3 aromatic carbocycles. The third-order valence-corrected chi connectivity index (χ3v) is 6.45. The second-order valence-corrected chi connectivity index (χ2v) is 10.2. The standard InChI is InChI=1S/C24H25ClN2O3S/c1-17-9-12-20(13-10-17)31(29,30)27-19-11-14-21(22(25)15-19)23(28)26-24(2,3)16-18-7-5-4-6-8-18/h4-15,27H,16H2,1-3H3,(H,26,28). The van der Waals surface area contributed by atoms with E-state index in [-0.39, 0.29) is 27.1 Å². The molecule has 1 amide bonds. The first-order valence-corrected chi connectivity index (χ1v) is 11.7. The molecule has 0 fully saturated rings. The van der Waals surface area contributed by atoms with Gasteiger partial charge in [-0.15, -0.1) is 0 Å². The molecule has 5 nitrogen and oxygen atoms in total. The zero-order valence-corrected chi connectivity index (χ0v) is 19.2. The maximum Gasteiger partial charge on any atom is 0.261 e. The Kier molecular flexibility index (Phi) is 6.72. The van der Waals surface area contributed by atoms with Gasteiger partial charge in [-0.25, -0.2) is 8.42 Å². The Morgan fingerprint density at radius 2 is 1.61 bits per heavy atom. The summed E-state index contributed by atoms with van der Waals surface area (Å²) < 4.78 is 27.6. The molecule has 0 aliphatic heterocycles. The van der Waals surface area contributed by atoms with Crippen LogP contribution in [0.15, 0.2) is 77.7 Å². The maximum atomic E-state index is 12.8. The molecule has 3 rings (SSSR count). The van der Waals surface area contributed by atoms with Gasteiger partial charge in [0.15, 0.2) is 0 Å². The van der Waals surface area contributed by atoms with E-state index >= 15 is 0 Å². The number of hydrogen-bond acceptors (Lipinski definition) is 3. The highest BCUT2D eigenvalue weighted by Gasteiger charge is 2.23. The molecule has 0 saturated carbocycles. The van der Waals surface area contributed by atoms with Crippen LogP contribution in [0.4, 0.5) is 5.69 Å². The third kappa shape index (κ3) is 6.09. The Labute approximate surface area is 188 Å². The predicted molar refractivity (Wildman–Crippen MR) is 125 cm³/mol. The number of carbonyl (C=O) groups is 1. The van der Waals surface area contributed by atoms with Crippen molar-refractivity contribution < 1.29 is 13.2 Å². The van der Waals surface area contributed by atoms with E-state index in [1.807, 2.05) is 51.1 Å². The van der Waals surface area contributed by atoms with E-state index in [1.54, 1.807) is 12.1 Å². The van der Waals surface area contributed by atoms with Crippen LogP contribution >= 0.6 is 11.6 Å². The van der Waals surface area contributed by atoms with Crippen molar-refractivity contribution in [2.45, 2.75) is 37.6 Å². The highest BCUT2D eigenvalue weighted by Crippen LogP contribution is 2.24. The number of sulfonamides is 1. The summed E-state index contributed by atoms with van der Waals surface area (Å²) in [7, 11) is -3.75. The lowest BCUT2D eigenvalue weighted by atomic mass is 9.94. The fourth-order valence-corrected chi connectivity index (χ4v) is 4.54. The molecular weight excluding hydrogens is 432 g/mol. The largest absolute Gasteiger partial charge is 0.347 e. The summed E-state index contributed by atoms with van der Waals surface area (Å²) in [5, 5.41) is 3.16. The first-order chi connectivity index (χ1) is 14.6. The van der Waals surface area contributed by atoms with Crippen molar-refractivity contribution >= 4 is 33.2 Å². The summed E-state index contributed by atoms with van der Waals surface area (Å²) in [6, 6.07) is 20.9. The van der Waals surface area contributed by atoms with Crippen LogP contribution in [0.25, 0.3) is 0 Å². The highest BCUT2D eigenvalue weighted by atomic mass is 35.5. The summed E-state index contributed by atoms with van der Waals surface area (Å²) >= 11 is 6.31. The van der Waals surface area contributed by atoms with Crippen LogP contribution in [0, 0.1) is 6.92 Å². The van der Waals surface area contributed by atoms with Crippen molar-refractivity contribution in [3.63, 3.8) is 0 Å². The monoisotopic (exact) mass is 456 g/mol. The highest BCUT2D eigenvalue weighted by molar-refractivity contribution is 7.92. The molecule has 7 heteroatoms. The molecule has 0 spiro atoms. The van der Waals surface area contributed by atoms with Crippen molar-refractivity contribution in [1.82, 2.24) is 5.32 Å². The van der Waals surface area contributed by atoms with Gasteiger partial charge in [-0.05, 0) is 63.1 Å². The van der Waals surface area contributed by atoms with E-state index in [9.17, 15) is 13.2 Å². The van der Waals surface area contributed by atoms with Gasteiger partial charge in [-0.2, -0.15) is 0 Å². The van der Waals surface area contributed by atoms with E-state index in [0.717, 1.165) is 11.1 Å². The zero-order chi connectivity index (χ0) is 22.6. The first-order valence-electron chi connectivity index (χ1n) is 9.81. The third-order valence-electron chi connectivity index (χ3n) is 4.74. The van der Waals surface area contributed by atoms with E-state index in [0.29, 0.717) is 6.42 Å². The average molecular weight is 457 g/mol. The number of amides is 1. The van der Waals surface area contributed by atoms with Gasteiger partial charge in [0.1, 0.15) is 0 Å². The van der Waals surface area contributed by atoms with Crippen LogP contribution in [-0.2, 0) is 16.4 Å². The molecular formula is C24H25ClN2O3S. The van der Waals surface area contributed by atoms with Crippen LogP contribution < -0.4 is 10.0 Å². The lowest BCUT2D eigenvalue weighted by molar-refractivity contribution is 0.0913. The quantitative estimate of drug-likeness (QED) is 0.513. The van der Waals surface area contributed by atoms with Crippen molar-refractivity contribution in [3.05, 3.63) is 94.5 Å². The second-order valence-electron chi connectivity index (χ2n) is 8.11. The molecule has 0 bridgehead atoms. The van der Waals surface area contributed by atoms with Crippen LogP contribution in [0.1, 0.15) is 35.3 Å². The minimum atomic E-state index is -3.75. The average Bonchev–Trinajstić information content (AvgIpc) is 2.68. The number of carbonyl (C=O) groups excluding carboxylic acids is 1. The molecule has 0 heterocycles. The zero-order valence-electron chi connectivity index (χ0n) is 17.6. The van der Waals surface area contributed by atoms with Gasteiger partial charge >= 0.3 is 0 Å². The van der Waals surface area contributed by atoms with Crippen LogP contribution in [0.5, 0.6) is 0 Å². The van der Waals surface area contributed by atoms with Gasteiger partial charge < -0.3 is 5.32 Å². The van der Waals surface area contributed by atoms with Crippen LogP contribution in [-0.4, -0.2) is 19.9 Å². The normalized spacial score (nSPS) is 11.7. The second kappa shape index (κ2) is 9.12. The minimum Gasteiger partial charge on any atom is -0.347 e. The lowest BCUT2D eigenvalue weighted by Crippen LogP contribution is -2.45.